The van der Waals surface area contributed by atoms with Gasteiger partial charge in [-0.2, -0.15) is 13.2 Å². The molecule has 1 aromatic rings. The summed E-state index contributed by atoms with van der Waals surface area (Å²) in [6.45, 7) is 1.85. The van der Waals surface area contributed by atoms with Gasteiger partial charge in [-0.25, -0.2) is 0 Å². The van der Waals surface area contributed by atoms with Gasteiger partial charge in [0.25, 0.3) is 0 Å². The number of aryl methyl sites for hydroxylation is 1. The van der Waals surface area contributed by atoms with E-state index in [2.05, 4.69) is 0 Å². The average Bonchev–Trinajstić information content (AvgIpc) is 2.34. The molecule has 6 heteroatoms. The van der Waals surface area contributed by atoms with E-state index in [0.29, 0.717) is 17.1 Å². The predicted molar refractivity (Wildman–Crippen MR) is 61.8 cm³/mol. The van der Waals surface area contributed by atoms with Gasteiger partial charge in [-0.05, 0) is 30.2 Å². The molecule has 18 heavy (non-hydrogen) atoms. The van der Waals surface area contributed by atoms with E-state index >= 15 is 0 Å². The van der Waals surface area contributed by atoms with Gasteiger partial charge >= 0.3 is 12.1 Å². The van der Waals surface area contributed by atoms with Crippen molar-refractivity contribution in [3.8, 4) is 5.75 Å². The number of benzene rings is 1. The van der Waals surface area contributed by atoms with Crippen molar-refractivity contribution < 1.29 is 22.7 Å². The summed E-state index contributed by atoms with van der Waals surface area (Å²) in [5.74, 6) is -1.30. The van der Waals surface area contributed by atoms with Crippen LogP contribution in [0, 0.1) is 0 Å². The number of anilines is 1. The zero-order valence-corrected chi connectivity index (χ0v) is 10.3. The first kappa shape index (κ1) is 14.3. The maximum Gasteiger partial charge on any atom is 0.471 e. The Balaban J connectivity index is 3.07. The third kappa shape index (κ3) is 2.94. The largest absolute Gasteiger partial charge is 0.496 e. The van der Waals surface area contributed by atoms with Gasteiger partial charge in [0.05, 0.1) is 7.11 Å². The number of rotatable bonds is 3. The molecule has 0 radical (unpaired) electrons. The molecule has 0 heterocycles. The molecule has 0 fully saturated rings. The topological polar surface area (TPSA) is 29.5 Å². The summed E-state index contributed by atoms with van der Waals surface area (Å²) in [5, 5.41) is 0. The second-order valence-corrected chi connectivity index (χ2v) is 3.71. The number of hydrogen-bond acceptors (Lipinski definition) is 2. The molecule has 0 bridgehead atoms. The van der Waals surface area contributed by atoms with Gasteiger partial charge in [0.2, 0.25) is 0 Å². The Morgan fingerprint density at radius 2 is 2.00 bits per heavy atom. The maximum atomic E-state index is 12.3. The summed E-state index contributed by atoms with van der Waals surface area (Å²) in [7, 11) is 2.58. The first-order chi connectivity index (χ1) is 8.31. The number of alkyl halides is 3. The summed E-state index contributed by atoms with van der Waals surface area (Å²) in [6.07, 6.45) is -4.27. The normalized spacial score (nSPS) is 11.2. The van der Waals surface area contributed by atoms with E-state index in [1.165, 1.54) is 19.2 Å². The Labute approximate surface area is 103 Å². The van der Waals surface area contributed by atoms with Crippen LogP contribution >= 0.6 is 0 Å². The van der Waals surface area contributed by atoms with Crippen molar-refractivity contribution >= 4 is 11.6 Å². The van der Waals surface area contributed by atoms with Crippen LogP contribution in [-0.2, 0) is 11.2 Å². The van der Waals surface area contributed by atoms with Gasteiger partial charge in [0, 0.05) is 12.7 Å². The van der Waals surface area contributed by atoms with Crippen LogP contribution in [0.2, 0.25) is 0 Å². The molecule has 0 aromatic heterocycles. The van der Waals surface area contributed by atoms with Crippen LogP contribution in [0.4, 0.5) is 18.9 Å². The van der Waals surface area contributed by atoms with Crippen molar-refractivity contribution in [3.63, 3.8) is 0 Å². The van der Waals surface area contributed by atoms with Crippen LogP contribution in [0.15, 0.2) is 18.2 Å². The standard InChI is InChI=1S/C12H14F3NO2/c1-4-8-7-9(5-6-10(8)18-3)16(2)11(17)12(13,14)15/h5-7H,4H2,1-3H3. The molecule has 0 aliphatic heterocycles. The Morgan fingerprint density at radius 1 is 1.39 bits per heavy atom. The van der Waals surface area contributed by atoms with E-state index in [1.54, 1.807) is 6.07 Å². The predicted octanol–water partition coefficient (Wildman–Crippen LogP) is 2.78. The van der Waals surface area contributed by atoms with Crippen LogP contribution in [0.25, 0.3) is 0 Å². The molecule has 100 valence electrons. The molecule has 0 spiro atoms. The molecule has 0 aliphatic carbocycles. The number of methoxy groups -OCH3 is 1. The molecule has 0 atom stereocenters. The molecule has 0 saturated carbocycles. The lowest BCUT2D eigenvalue weighted by molar-refractivity contribution is -0.170. The Hall–Kier alpha value is -1.72. The maximum absolute atomic E-state index is 12.3. The van der Waals surface area contributed by atoms with Gasteiger partial charge in [0.15, 0.2) is 0 Å². The first-order valence-corrected chi connectivity index (χ1v) is 5.33. The van der Waals surface area contributed by atoms with Gasteiger partial charge in [-0.3, -0.25) is 4.79 Å². The highest BCUT2D eigenvalue weighted by atomic mass is 19.4. The van der Waals surface area contributed by atoms with Crippen molar-refractivity contribution in [1.29, 1.82) is 0 Å². The Morgan fingerprint density at radius 3 is 2.44 bits per heavy atom. The Bertz CT molecular complexity index is 443. The third-order valence-corrected chi connectivity index (χ3v) is 2.58. The minimum Gasteiger partial charge on any atom is -0.496 e. The second-order valence-electron chi connectivity index (χ2n) is 3.71. The van der Waals surface area contributed by atoms with Crippen LogP contribution in [0.5, 0.6) is 5.75 Å². The molecule has 1 aromatic carbocycles. The SMILES string of the molecule is CCc1cc(N(C)C(=O)C(F)(F)F)ccc1OC. The van der Waals surface area contributed by atoms with Crippen molar-refractivity contribution in [2.45, 2.75) is 19.5 Å². The molecule has 0 N–H and O–H groups in total. The zero-order valence-electron chi connectivity index (χ0n) is 10.3. The summed E-state index contributed by atoms with van der Waals surface area (Å²) < 4.78 is 42.0. The van der Waals surface area contributed by atoms with E-state index in [4.69, 9.17) is 4.74 Å². The lowest BCUT2D eigenvalue weighted by Gasteiger charge is -2.20. The number of nitrogens with zero attached hydrogens (tertiary/aromatic N) is 1. The minimum atomic E-state index is -4.87. The Kier molecular flexibility index (Phi) is 4.21. The van der Waals surface area contributed by atoms with Crippen LogP contribution in [0.1, 0.15) is 12.5 Å². The molecule has 3 nitrogen and oxygen atoms in total. The van der Waals surface area contributed by atoms with Crippen molar-refractivity contribution in [2.24, 2.45) is 0 Å². The fourth-order valence-corrected chi connectivity index (χ4v) is 1.56. The number of carbonyl (C=O) groups is 1. The molecule has 1 amide bonds. The van der Waals surface area contributed by atoms with Crippen LogP contribution in [0.3, 0.4) is 0 Å². The lowest BCUT2D eigenvalue weighted by Crippen LogP contribution is -2.38. The highest BCUT2D eigenvalue weighted by molar-refractivity contribution is 5.96. The van der Waals surface area contributed by atoms with Gasteiger partial charge < -0.3 is 9.64 Å². The highest BCUT2D eigenvalue weighted by Crippen LogP contribution is 2.27. The summed E-state index contributed by atoms with van der Waals surface area (Å²) >= 11 is 0. The van der Waals surface area contributed by atoms with Crippen molar-refractivity contribution in [2.75, 3.05) is 19.1 Å². The molecule has 0 aliphatic rings. The number of ether oxygens (including phenoxy) is 1. The third-order valence-electron chi connectivity index (χ3n) is 2.58. The minimum absolute atomic E-state index is 0.190. The fourth-order valence-electron chi connectivity index (χ4n) is 1.56. The molecule has 0 saturated heterocycles. The average molecular weight is 261 g/mol. The van der Waals surface area contributed by atoms with Crippen molar-refractivity contribution in [3.05, 3.63) is 23.8 Å². The van der Waals surface area contributed by atoms with Gasteiger partial charge in [0.1, 0.15) is 5.75 Å². The monoisotopic (exact) mass is 261 g/mol. The van der Waals surface area contributed by atoms with Crippen LogP contribution < -0.4 is 9.64 Å². The summed E-state index contributed by atoms with van der Waals surface area (Å²) in [4.78, 5) is 11.7. The molecule has 0 unspecified atom stereocenters. The van der Waals surface area contributed by atoms with E-state index in [-0.39, 0.29) is 5.69 Å². The number of hydrogen-bond donors (Lipinski definition) is 0. The number of carbonyl (C=O) groups excluding carboxylic acids is 1. The zero-order chi connectivity index (χ0) is 13.9. The van der Waals surface area contributed by atoms with Crippen LogP contribution in [-0.4, -0.2) is 26.2 Å². The van der Waals surface area contributed by atoms with Gasteiger partial charge in [-0.15, -0.1) is 0 Å². The fraction of sp³-hybridized carbons (Fsp3) is 0.417. The smallest absolute Gasteiger partial charge is 0.471 e. The molecular formula is C12H14F3NO2. The van der Waals surface area contributed by atoms with E-state index in [1.807, 2.05) is 6.92 Å². The summed E-state index contributed by atoms with van der Waals surface area (Å²) in [5.41, 5.74) is 0.937. The van der Waals surface area contributed by atoms with E-state index in [0.717, 1.165) is 12.6 Å². The van der Waals surface area contributed by atoms with Gasteiger partial charge in [-0.1, -0.05) is 6.92 Å². The first-order valence-electron chi connectivity index (χ1n) is 5.33. The highest BCUT2D eigenvalue weighted by Gasteiger charge is 2.41. The lowest BCUT2D eigenvalue weighted by atomic mass is 10.1. The van der Waals surface area contributed by atoms with E-state index in [9.17, 15) is 18.0 Å². The second kappa shape index (κ2) is 5.29. The number of halogens is 3. The summed E-state index contributed by atoms with van der Waals surface area (Å²) in [6, 6.07) is 4.48. The molecular weight excluding hydrogens is 247 g/mol. The van der Waals surface area contributed by atoms with E-state index < -0.39 is 12.1 Å². The van der Waals surface area contributed by atoms with Crippen molar-refractivity contribution in [1.82, 2.24) is 0 Å². The number of amides is 1. The molecule has 1 rings (SSSR count). The quantitative estimate of drug-likeness (QED) is 0.837.